The van der Waals surface area contributed by atoms with Crippen LogP contribution in [0, 0.1) is 6.92 Å². The van der Waals surface area contributed by atoms with E-state index in [-0.39, 0.29) is 6.42 Å². The van der Waals surface area contributed by atoms with Crippen LogP contribution in [0.15, 0.2) is 22.7 Å². The average Bonchev–Trinajstić information content (AvgIpc) is 2.74. The van der Waals surface area contributed by atoms with E-state index in [0.29, 0.717) is 11.7 Å². The Balaban J connectivity index is 2.28. The largest absolute Gasteiger partial charge is 0.440 e. The van der Waals surface area contributed by atoms with Crippen LogP contribution in [-0.4, -0.2) is 11.3 Å². The number of thiophene rings is 1. The first-order valence-corrected chi connectivity index (χ1v) is 5.06. The van der Waals surface area contributed by atoms with Crippen molar-refractivity contribution in [1.29, 1.82) is 0 Å². The van der Waals surface area contributed by atoms with Crippen molar-refractivity contribution in [2.75, 3.05) is 0 Å². The highest BCUT2D eigenvalue weighted by atomic mass is 32.1. The van der Waals surface area contributed by atoms with Gasteiger partial charge in [0.25, 0.3) is 0 Å². The second kappa shape index (κ2) is 3.75. The number of aryl methyl sites for hydroxylation is 1. The molecule has 0 aliphatic heterocycles. The summed E-state index contributed by atoms with van der Waals surface area (Å²) in [4.78, 5) is 16.6. The van der Waals surface area contributed by atoms with Crippen molar-refractivity contribution in [3.05, 3.63) is 29.0 Å². The average molecular weight is 207 g/mol. The van der Waals surface area contributed by atoms with E-state index in [4.69, 9.17) is 4.42 Å². The zero-order valence-corrected chi connectivity index (χ0v) is 8.50. The molecule has 0 saturated carbocycles. The minimum absolute atomic E-state index is 0.289. The summed E-state index contributed by atoms with van der Waals surface area (Å²) in [6, 6.07) is 3.99. The summed E-state index contributed by atoms with van der Waals surface area (Å²) in [5.41, 5.74) is 0. The first-order chi connectivity index (χ1) is 6.79. The van der Waals surface area contributed by atoms with Crippen LogP contribution in [0.3, 0.4) is 0 Å². The molecule has 0 N–H and O–H groups in total. The van der Waals surface area contributed by atoms with Crippen LogP contribution in [0.5, 0.6) is 0 Å². The van der Waals surface area contributed by atoms with E-state index >= 15 is 0 Å². The number of oxazole rings is 1. The lowest BCUT2D eigenvalue weighted by Gasteiger charge is -1.87. The number of carbonyl (C=O) groups excluding carboxylic acids is 1. The summed E-state index contributed by atoms with van der Waals surface area (Å²) >= 11 is 1.63. The molecular weight excluding hydrogens is 198 g/mol. The van der Waals surface area contributed by atoms with Crippen LogP contribution in [0.25, 0.3) is 10.8 Å². The van der Waals surface area contributed by atoms with Gasteiger partial charge < -0.3 is 9.21 Å². The van der Waals surface area contributed by atoms with E-state index in [1.807, 2.05) is 19.1 Å². The van der Waals surface area contributed by atoms with Gasteiger partial charge in [-0.1, -0.05) is 0 Å². The van der Waals surface area contributed by atoms with Gasteiger partial charge in [-0.3, -0.25) is 0 Å². The standard InChI is InChI=1S/C10H9NO2S/c1-7-2-3-9(14-7)10-11-6-8(13-10)4-5-12/h2-3,5-6H,4H2,1H3. The fraction of sp³-hybridized carbons (Fsp3) is 0.200. The predicted octanol–water partition coefficient (Wildman–Crippen LogP) is 2.45. The Kier molecular flexibility index (Phi) is 2.45. The molecule has 72 valence electrons. The maximum Gasteiger partial charge on any atom is 0.236 e. The van der Waals surface area contributed by atoms with Gasteiger partial charge in [0.15, 0.2) is 0 Å². The Labute approximate surface area is 85.4 Å². The third-order valence-electron chi connectivity index (χ3n) is 1.79. The van der Waals surface area contributed by atoms with Crippen molar-refractivity contribution in [3.8, 4) is 10.8 Å². The molecule has 0 aromatic carbocycles. The van der Waals surface area contributed by atoms with Crippen molar-refractivity contribution in [3.63, 3.8) is 0 Å². The molecule has 0 radical (unpaired) electrons. The third kappa shape index (κ3) is 1.75. The molecule has 2 rings (SSSR count). The Morgan fingerprint density at radius 2 is 2.43 bits per heavy atom. The first kappa shape index (κ1) is 9.15. The first-order valence-electron chi connectivity index (χ1n) is 4.25. The van der Waals surface area contributed by atoms with E-state index in [0.717, 1.165) is 11.2 Å². The fourth-order valence-corrected chi connectivity index (χ4v) is 1.95. The van der Waals surface area contributed by atoms with Gasteiger partial charge in [0.1, 0.15) is 12.0 Å². The lowest BCUT2D eigenvalue weighted by atomic mass is 10.4. The van der Waals surface area contributed by atoms with Gasteiger partial charge in [0.05, 0.1) is 17.5 Å². The monoisotopic (exact) mass is 207 g/mol. The quantitative estimate of drug-likeness (QED) is 0.726. The number of hydrogen-bond acceptors (Lipinski definition) is 4. The van der Waals surface area contributed by atoms with Crippen LogP contribution >= 0.6 is 11.3 Å². The third-order valence-corrected chi connectivity index (χ3v) is 2.78. The molecule has 0 spiro atoms. The van der Waals surface area contributed by atoms with E-state index in [1.54, 1.807) is 17.5 Å². The molecule has 3 nitrogen and oxygen atoms in total. The van der Waals surface area contributed by atoms with E-state index in [2.05, 4.69) is 4.98 Å². The lowest BCUT2D eigenvalue weighted by Crippen LogP contribution is -1.79. The van der Waals surface area contributed by atoms with E-state index in [1.165, 1.54) is 4.88 Å². The van der Waals surface area contributed by atoms with Gasteiger partial charge in [0, 0.05) is 4.88 Å². The topological polar surface area (TPSA) is 43.1 Å². The highest BCUT2D eigenvalue weighted by Crippen LogP contribution is 2.26. The fourth-order valence-electron chi connectivity index (χ4n) is 1.15. The summed E-state index contributed by atoms with van der Waals surface area (Å²) in [7, 11) is 0. The molecule has 2 aromatic rings. The molecule has 0 aliphatic rings. The maximum absolute atomic E-state index is 10.2. The number of carbonyl (C=O) groups is 1. The molecule has 14 heavy (non-hydrogen) atoms. The molecular formula is C10H9NO2S. The van der Waals surface area contributed by atoms with Gasteiger partial charge in [-0.05, 0) is 19.1 Å². The van der Waals surface area contributed by atoms with Gasteiger partial charge in [0.2, 0.25) is 5.89 Å². The summed E-state index contributed by atoms with van der Waals surface area (Å²) in [5, 5.41) is 0. The van der Waals surface area contributed by atoms with Crippen LogP contribution in [0.2, 0.25) is 0 Å². The van der Waals surface area contributed by atoms with Crippen LogP contribution in [0.1, 0.15) is 10.6 Å². The highest BCUT2D eigenvalue weighted by molar-refractivity contribution is 7.15. The van der Waals surface area contributed by atoms with Crippen LogP contribution in [-0.2, 0) is 11.2 Å². The van der Waals surface area contributed by atoms with Gasteiger partial charge in [-0.25, -0.2) is 4.98 Å². The molecule has 0 bridgehead atoms. The summed E-state index contributed by atoms with van der Waals surface area (Å²) < 4.78 is 5.39. The highest BCUT2D eigenvalue weighted by Gasteiger charge is 2.07. The smallest absolute Gasteiger partial charge is 0.236 e. The van der Waals surface area contributed by atoms with E-state index in [9.17, 15) is 4.79 Å². The molecule has 4 heteroatoms. The SMILES string of the molecule is Cc1ccc(-c2ncc(CC=O)o2)s1. The van der Waals surface area contributed by atoms with Gasteiger partial charge >= 0.3 is 0 Å². The zero-order chi connectivity index (χ0) is 9.97. The van der Waals surface area contributed by atoms with Crippen LogP contribution < -0.4 is 0 Å². The maximum atomic E-state index is 10.2. The van der Waals surface area contributed by atoms with Crippen molar-refractivity contribution in [2.24, 2.45) is 0 Å². The normalized spacial score (nSPS) is 10.4. The Hall–Kier alpha value is -1.42. The Morgan fingerprint density at radius 3 is 3.07 bits per heavy atom. The molecule has 0 amide bonds. The summed E-state index contributed by atoms with van der Waals surface area (Å²) in [6.45, 7) is 2.03. The van der Waals surface area contributed by atoms with Gasteiger partial charge in [-0.15, -0.1) is 11.3 Å². The van der Waals surface area contributed by atoms with Crippen LogP contribution in [0.4, 0.5) is 0 Å². The minimum atomic E-state index is 0.289. The Morgan fingerprint density at radius 1 is 1.57 bits per heavy atom. The minimum Gasteiger partial charge on any atom is -0.440 e. The Bertz CT molecular complexity index is 444. The molecule has 0 atom stereocenters. The number of aldehydes is 1. The number of aromatic nitrogens is 1. The van der Waals surface area contributed by atoms with Crippen molar-refractivity contribution in [1.82, 2.24) is 4.98 Å². The molecule has 2 aromatic heterocycles. The second-order valence-electron chi connectivity index (χ2n) is 2.91. The van der Waals surface area contributed by atoms with E-state index < -0.39 is 0 Å². The second-order valence-corrected chi connectivity index (χ2v) is 4.20. The van der Waals surface area contributed by atoms with Crippen molar-refractivity contribution >= 4 is 17.6 Å². The molecule has 0 saturated heterocycles. The number of nitrogens with zero attached hydrogens (tertiary/aromatic N) is 1. The number of rotatable bonds is 3. The number of hydrogen-bond donors (Lipinski definition) is 0. The summed E-state index contributed by atoms with van der Waals surface area (Å²) in [6.07, 6.45) is 2.69. The molecule has 0 unspecified atom stereocenters. The molecule has 0 fully saturated rings. The van der Waals surface area contributed by atoms with Gasteiger partial charge in [-0.2, -0.15) is 0 Å². The predicted molar refractivity (Wildman–Crippen MR) is 54.3 cm³/mol. The lowest BCUT2D eigenvalue weighted by molar-refractivity contribution is -0.107. The van der Waals surface area contributed by atoms with Crippen molar-refractivity contribution < 1.29 is 9.21 Å². The molecule has 0 aliphatic carbocycles. The molecule has 2 heterocycles. The zero-order valence-electron chi connectivity index (χ0n) is 7.69. The van der Waals surface area contributed by atoms with Crippen molar-refractivity contribution in [2.45, 2.75) is 13.3 Å². The summed E-state index contributed by atoms with van der Waals surface area (Å²) in [5.74, 6) is 1.21.